The molecule has 1 aromatic carbocycles. The van der Waals surface area contributed by atoms with E-state index in [1.165, 1.54) is 23.2 Å². The number of H-pyrrole nitrogens is 1. The number of nitrogens with one attached hydrogen (secondary N) is 1. The fourth-order valence-corrected chi connectivity index (χ4v) is 3.98. The van der Waals surface area contributed by atoms with Gasteiger partial charge in [0, 0.05) is 18.5 Å². The van der Waals surface area contributed by atoms with Gasteiger partial charge in [0.1, 0.15) is 12.3 Å². The lowest BCUT2D eigenvalue weighted by atomic mass is 10.1. The van der Waals surface area contributed by atoms with Crippen LogP contribution in [0.5, 0.6) is 0 Å². The molecule has 140 valence electrons. The van der Waals surface area contributed by atoms with Gasteiger partial charge in [-0.15, -0.1) is 11.3 Å². The molecule has 0 fully saturated rings. The summed E-state index contributed by atoms with van der Waals surface area (Å²) in [5, 5.41) is 2.71. The van der Waals surface area contributed by atoms with Gasteiger partial charge in [0.05, 0.1) is 16.4 Å². The Balaban J connectivity index is 1.82. The highest BCUT2D eigenvalue weighted by Crippen LogP contribution is 2.37. The van der Waals surface area contributed by atoms with E-state index in [0.717, 1.165) is 11.1 Å². The first-order valence-electron chi connectivity index (χ1n) is 8.19. The van der Waals surface area contributed by atoms with Crippen LogP contribution in [0.15, 0.2) is 35.8 Å². The number of ether oxygens (including phenoxy) is 1. The Kier molecular flexibility index (Phi) is 5.62. The molecule has 27 heavy (non-hydrogen) atoms. The highest BCUT2D eigenvalue weighted by atomic mass is 35.5. The van der Waals surface area contributed by atoms with Crippen LogP contribution in [0.2, 0.25) is 5.02 Å². The summed E-state index contributed by atoms with van der Waals surface area (Å²) < 4.78 is 5.24. The van der Waals surface area contributed by atoms with E-state index in [9.17, 15) is 9.59 Å². The van der Waals surface area contributed by atoms with Crippen molar-refractivity contribution < 1.29 is 14.3 Å². The molecule has 2 heterocycles. The fourth-order valence-electron chi connectivity index (χ4n) is 2.72. The molecule has 0 saturated carbocycles. The van der Waals surface area contributed by atoms with Gasteiger partial charge in [0.2, 0.25) is 5.91 Å². The molecular weight excluding hydrogens is 386 g/mol. The van der Waals surface area contributed by atoms with Crippen LogP contribution in [0.1, 0.15) is 34.2 Å². The summed E-state index contributed by atoms with van der Waals surface area (Å²) in [6, 6.07) is 7.13. The summed E-state index contributed by atoms with van der Waals surface area (Å²) in [5.74, 6) is -0.663. The second kappa shape index (κ2) is 7.94. The van der Waals surface area contributed by atoms with E-state index in [-0.39, 0.29) is 12.5 Å². The van der Waals surface area contributed by atoms with Crippen molar-refractivity contribution in [3.63, 3.8) is 0 Å². The number of anilines is 2. The number of hydrogen-bond donors (Lipinski definition) is 1. The molecule has 2 aromatic heterocycles. The standard InChI is InChI=1S/C19H18ClN3O3S/c1-11-7-12(2)17(15(20)8-11)23(13(3)24)19-22-14(10-27-19)9-26-18(25)16-5-4-6-21-16/h4-8,10,21H,9H2,1-3H3. The van der Waals surface area contributed by atoms with E-state index in [2.05, 4.69) is 9.97 Å². The van der Waals surface area contributed by atoms with Crippen molar-refractivity contribution in [3.8, 4) is 0 Å². The van der Waals surface area contributed by atoms with Gasteiger partial charge in [-0.1, -0.05) is 17.7 Å². The van der Waals surface area contributed by atoms with Crippen LogP contribution in [0, 0.1) is 13.8 Å². The first kappa shape index (κ1) is 19.1. The lowest BCUT2D eigenvalue weighted by Gasteiger charge is -2.22. The molecule has 8 heteroatoms. The van der Waals surface area contributed by atoms with Crippen LogP contribution < -0.4 is 4.90 Å². The molecule has 6 nitrogen and oxygen atoms in total. The van der Waals surface area contributed by atoms with Crippen LogP contribution >= 0.6 is 22.9 Å². The number of nitrogens with zero attached hydrogens (tertiary/aromatic N) is 2. The molecule has 3 rings (SSSR count). The minimum Gasteiger partial charge on any atom is -0.454 e. The van der Waals surface area contributed by atoms with E-state index >= 15 is 0 Å². The van der Waals surface area contributed by atoms with Crippen molar-refractivity contribution in [3.05, 3.63) is 63.4 Å². The molecule has 0 spiro atoms. The number of aryl methyl sites for hydroxylation is 2. The zero-order chi connectivity index (χ0) is 19.6. The lowest BCUT2D eigenvalue weighted by Crippen LogP contribution is -2.24. The van der Waals surface area contributed by atoms with Crippen molar-refractivity contribution in [2.24, 2.45) is 0 Å². The van der Waals surface area contributed by atoms with E-state index in [0.29, 0.717) is 27.2 Å². The number of rotatable bonds is 5. The molecule has 0 radical (unpaired) electrons. The fraction of sp³-hybridized carbons (Fsp3) is 0.211. The number of aromatic nitrogens is 2. The zero-order valence-corrected chi connectivity index (χ0v) is 16.6. The lowest BCUT2D eigenvalue weighted by molar-refractivity contribution is -0.115. The Morgan fingerprint density at radius 3 is 2.74 bits per heavy atom. The van der Waals surface area contributed by atoms with Crippen molar-refractivity contribution in [1.29, 1.82) is 0 Å². The van der Waals surface area contributed by atoms with Crippen LogP contribution in [-0.4, -0.2) is 21.8 Å². The monoisotopic (exact) mass is 403 g/mol. The number of carbonyl (C=O) groups excluding carboxylic acids is 2. The molecule has 0 aliphatic rings. The third-order valence-corrected chi connectivity index (χ3v) is 5.00. The Morgan fingerprint density at radius 2 is 2.11 bits per heavy atom. The van der Waals surface area contributed by atoms with Crippen molar-refractivity contribution in [2.45, 2.75) is 27.4 Å². The van der Waals surface area contributed by atoms with Crippen molar-refractivity contribution in [2.75, 3.05) is 4.90 Å². The van der Waals surface area contributed by atoms with Crippen LogP contribution in [0.4, 0.5) is 10.8 Å². The minimum absolute atomic E-state index is 0.0146. The number of esters is 1. The van der Waals surface area contributed by atoms with Crippen LogP contribution in [0.3, 0.4) is 0 Å². The first-order valence-corrected chi connectivity index (χ1v) is 9.45. The first-order chi connectivity index (χ1) is 12.9. The maximum Gasteiger partial charge on any atom is 0.355 e. The van der Waals surface area contributed by atoms with Gasteiger partial charge in [-0.25, -0.2) is 9.78 Å². The van der Waals surface area contributed by atoms with Crippen LogP contribution in [-0.2, 0) is 16.1 Å². The second-order valence-electron chi connectivity index (χ2n) is 6.05. The van der Waals surface area contributed by atoms with Gasteiger partial charge < -0.3 is 9.72 Å². The van der Waals surface area contributed by atoms with Gasteiger partial charge in [-0.05, 0) is 43.2 Å². The number of benzene rings is 1. The molecular formula is C19H18ClN3O3S. The van der Waals surface area contributed by atoms with Crippen molar-refractivity contribution in [1.82, 2.24) is 9.97 Å². The SMILES string of the molecule is CC(=O)N(c1nc(COC(=O)c2ccc[nH]2)cs1)c1c(C)cc(C)cc1Cl. The summed E-state index contributed by atoms with van der Waals surface area (Å²) in [4.78, 5) is 32.9. The quantitative estimate of drug-likeness (QED) is 0.622. The summed E-state index contributed by atoms with van der Waals surface area (Å²) >= 11 is 7.69. The molecule has 3 aromatic rings. The van der Waals surface area contributed by atoms with E-state index < -0.39 is 5.97 Å². The number of hydrogen-bond acceptors (Lipinski definition) is 5. The number of thiazole rings is 1. The summed E-state index contributed by atoms with van der Waals surface area (Å²) in [6.07, 6.45) is 1.65. The van der Waals surface area contributed by atoms with Gasteiger partial charge in [0.15, 0.2) is 5.13 Å². The maximum absolute atomic E-state index is 12.3. The predicted octanol–water partition coefficient (Wildman–Crippen LogP) is 4.78. The molecule has 0 unspecified atom stereocenters. The number of halogens is 1. The maximum atomic E-state index is 12.3. The van der Waals surface area contributed by atoms with E-state index in [1.54, 1.807) is 23.7 Å². The molecule has 0 atom stereocenters. The Hall–Kier alpha value is -2.64. The van der Waals surface area contributed by atoms with Gasteiger partial charge >= 0.3 is 5.97 Å². The summed E-state index contributed by atoms with van der Waals surface area (Å²) in [5.41, 5.74) is 3.44. The highest BCUT2D eigenvalue weighted by Gasteiger charge is 2.23. The molecule has 0 aliphatic carbocycles. The van der Waals surface area contributed by atoms with E-state index in [4.69, 9.17) is 16.3 Å². The van der Waals surface area contributed by atoms with Crippen molar-refractivity contribution >= 4 is 45.6 Å². The number of aromatic amines is 1. The predicted molar refractivity (Wildman–Crippen MR) is 106 cm³/mol. The smallest absolute Gasteiger partial charge is 0.355 e. The van der Waals surface area contributed by atoms with Gasteiger partial charge in [-0.2, -0.15) is 0 Å². The normalized spacial score (nSPS) is 10.7. The van der Waals surface area contributed by atoms with Gasteiger partial charge in [-0.3, -0.25) is 9.69 Å². The minimum atomic E-state index is -0.463. The molecule has 0 saturated heterocycles. The summed E-state index contributed by atoms with van der Waals surface area (Å²) in [7, 11) is 0. The van der Waals surface area contributed by atoms with E-state index in [1.807, 2.05) is 26.0 Å². The molecule has 0 aliphatic heterocycles. The highest BCUT2D eigenvalue weighted by molar-refractivity contribution is 7.14. The molecule has 1 N–H and O–H groups in total. The third-order valence-electron chi connectivity index (χ3n) is 3.84. The largest absolute Gasteiger partial charge is 0.454 e. The Labute approximate surface area is 165 Å². The third kappa shape index (κ3) is 4.20. The Bertz CT molecular complexity index is 959. The second-order valence-corrected chi connectivity index (χ2v) is 7.29. The molecule has 1 amide bonds. The molecule has 0 bridgehead atoms. The Morgan fingerprint density at radius 1 is 1.33 bits per heavy atom. The average Bonchev–Trinajstić information content (AvgIpc) is 3.27. The van der Waals surface area contributed by atoms with Gasteiger partial charge in [0.25, 0.3) is 0 Å². The number of carbonyl (C=O) groups is 2. The average molecular weight is 404 g/mol. The summed E-state index contributed by atoms with van der Waals surface area (Å²) in [6.45, 7) is 5.32. The zero-order valence-electron chi connectivity index (χ0n) is 15.1. The van der Waals surface area contributed by atoms with Crippen LogP contribution in [0.25, 0.3) is 0 Å². The topological polar surface area (TPSA) is 75.3 Å². The number of amides is 1.